The van der Waals surface area contributed by atoms with E-state index in [0.717, 1.165) is 60.1 Å². The number of ketones is 1. The van der Waals surface area contributed by atoms with Crippen molar-refractivity contribution in [2.75, 3.05) is 7.11 Å². The largest absolute Gasteiger partial charge is 0.497 e. The van der Waals surface area contributed by atoms with Crippen molar-refractivity contribution < 1.29 is 42.9 Å². The predicted molar refractivity (Wildman–Crippen MR) is 317 cm³/mol. The number of carbonyl (C=O) groups is 4. The maximum atomic E-state index is 13.6. The summed E-state index contributed by atoms with van der Waals surface area (Å²) >= 11 is 0. The van der Waals surface area contributed by atoms with Crippen LogP contribution < -0.4 is 23.7 Å². The lowest BCUT2D eigenvalue weighted by Crippen LogP contribution is -2.41. The van der Waals surface area contributed by atoms with E-state index >= 15 is 0 Å². The van der Waals surface area contributed by atoms with Crippen molar-refractivity contribution >= 4 is 23.7 Å². The summed E-state index contributed by atoms with van der Waals surface area (Å²) < 4.78 is 29.1. The van der Waals surface area contributed by atoms with Crippen LogP contribution in [0.4, 0.5) is 0 Å². The molecule has 412 valence electrons. The van der Waals surface area contributed by atoms with E-state index in [9.17, 15) is 19.2 Å². The summed E-state index contributed by atoms with van der Waals surface area (Å²) in [6, 6.07) is 60.3. The number of esters is 3. The average molecular weight is 1080 g/mol. The smallest absolute Gasteiger partial charge is 0.343 e. The fourth-order valence-corrected chi connectivity index (χ4v) is 13.4. The van der Waals surface area contributed by atoms with Crippen LogP contribution in [-0.2, 0) is 10.8 Å². The molecular formula is C72H70O9. The third-order valence-electron chi connectivity index (χ3n) is 16.4. The first-order valence-electron chi connectivity index (χ1n) is 28.0. The Hall–Kier alpha value is -8.56. The second-order valence-corrected chi connectivity index (χ2v) is 24.2. The molecule has 4 unspecified atom stereocenters. The highest BCUT2D eigenvalue weighted by molar-refractivity contribution is 5.94. The van der Waals surface area contributed by atoms with Gasteiger partial charge in [0.1, 0.15) is 34.5 Å². The predicted octanol–water partition coefficient (Wildman–Crippen LogP) is 17.3. The number of hydrogen-bond acceptors (Lipinski definition) is 9. The second kappa shape index (κ2) is 22.9. The number of hydrogen-bond donors (Lipinski definition) is 0. The van der Waals surface area contributed by atoms with Gasteiger partial charge in [0.05, 0.1) is 23.8 Å². The Labute approximate surface area is 476 Å². The quantitative estimate of drug-likeness (QED) is 0.0562. The summed E-state index contributed by atoms with van der Waals surface area (Å²) in [4.78, 5) is 51.9. The number of rotatable bonds is 15. The Balaban J connectivity index is 0.761. The van der Waals surface area contributed by atoms with Gasteiger partial charge in [-0.1, -0.05) is 114 Å². The molecule has 0 spiro atoms. The first-order chi connectivity index (χ1) is 38.8. The van der Waals surface area contributed by atoms with Crippen LogP contribution >= 0.6 is 0 Å². The molecule has 2 saturated carbocycles. The number of carbonyl (C=O) groups excluding carboxylic acids is 4. The van der Waals surface area contributed by atoms with Crippen LogP contribution in [0.1, 0.15) is 151 Å². The van der Waals surface area contributed by atoms with Gasteiger partial charge in [-0.05, 0) is 223 Å². The molecule has 81 heavy (non-hydrogen) atoms. The Morgan fingerprint density at radius 2 is 0.630 bits per heavy atom. The molecule has 0 aromatic heterocycles. The fraction of sp³-hybridized carbons (Fsp3) is 0.278. The Morgan fingerprint density at radius 1 is 0.358 bits per heavy atom. The standard InChI is InChI=1S/C72H70O9/c1-47-41-69(4,5)45-71(43-47,56-21-33-60(77-8)34-22-56)57-23-35-63(36-24-57)79-66(74)53-13-9-51(10-14-53)52-11-15-54(16-12-52)67(75)80-64-37-25-58(26-38-64)72(44-48(2)42-70(6,7)46-72)59-27-39-65(40-28-59)81-68(76)55-19-31-62(32-20-55)78-61-29-17-50(18-30-61)49(3)73/h9-40,47-48H,41-46H2,1-8H3. The second-order valence-electron chi connectivity index (χ2n) is 24.2. The van der Waals surface area contributed by atoms with Crippen LogP contribution in [0.15, 0.2) is 194 Å². The minimum atomic E-state index is -0.485. The van der Waals surface area contributed by atoms with Crippen LogP contribution in [0, 0.1) is 22.7 Å². The van der Waals surface area contributed by atoms with Gasteiger partial charge in [-0.2, -0.15) is 0 Å². The molecule has 4 atom stereocenters. The third-order valence-corrected chi connectivity index (χ3v) is 16.4. The van der Waals surface area contributed by atoms with Crippen molar-refractivity contribution in [3.8, 4) is 45.6 Å². The summed E-state index contributed by atoms with van der Waals surface area (Å²) in [6.07, 6.45) is 6.12. The number of methoxy groups -OCH3 is 1. The van der Waals surface area contributed by atoms with Crippen LogP contribution in [0.25, 0.3) is 11.1 Å². The van der Waals surface area contributed by atoms with Crippen molar-refractivity contribution in [2.45, 2.75) is 97.8 Å². The third kappa shape index (κ3) is 12.6. The first kappa shape index (κ1) is 55.7. The highest BCUT2D eigenvalue weighted by Gasteiger charge is 2.46. The van der Waals surface area contributed by atoms with E-state index in [1.165, 1.54) is 24.5 Å². The van der Waals surface area contributed by atoms with Crippen LogP contribution in [0.2, 0.25) is 0 Å². The normalized spacial score (nSPS) is 20.0. The van der Waals surface area contributed by atoms with E-state index in [-0.39, 0.29) is 27.4 Å². The maximum Gasteiger partial charge on any atom is 0.343 e. The summed E-state index contributed by atoms with van der Waals surface area (Å²) in [5.74, 6) is 2.88. The molecule has 0 saturated heterocycles. The molecule has 0 radical (unpaired) electrons. The van der Waals surface area contributed by atoms with E-state index in [1.54, 1.807) is 79.9 Å². The molecular weight excluding hydrogens is 1010 g/mol. The zero-order chi connectivity index (χ0) is 57.1. The van der Waals surface area contributed by atoms with E-state index in [1.807, 2.05) is 72.8 Å². The molecule has 2 fully saturated rings. The summed E-state index contributed by atoms with van der Waals surface area (Å²) in [5.41, 5.74) is 7.98. The topological polar surface area (TPSA) is 114 Å². The zero-order valence-corrected chi connectivity index (χ0v) is 47.5. The molecule has 8 aromatic rings. The molecule has 0 aliphatic heterocycles. The highest BCUT2D eigenvalue weighted by atomic mass is 16.5. The zero-order valence-electron chi connectivity index (χ0n) is 47.5. The van der Waals surface area contributed by atoms with Gasteiger partial charge in [0.2, 0.25) is 0 Å². The van der Waals surface area contributed by atoms with Crippen molar-refractivity contribution in [1.82, 2.24) is 0 Å². The van der Waals surface area contributed by atoms with Crippen molar-refractivity contribution in [3.05, 3.63) is 239 Å². The van der Waals surface area contributed by atoms with E-state index in [4.69, 9.17) is 23.7 Å². The number of Topliss-reactive ketones (excluding diaryl/α,β-unsaturated/α-hetero) is 1. The van der Waals surface area contributed by atoms with Gasteiger partial charge in [0.15, 0.2) is 5.78 Å². The van der Waals surface area contributed by atoms with E-state index in [2.05, 4.69) is 90.1 Å². The molecule has 9 heteroatoms. The molecule has 0 N–H and O–H groups in total. The lowest BCUT2D eigenvalue weighted by atomic mass is 9.55. The van der Waals surface area contributed by atoms with Crippen LogP contribution in [0.5, 0.6) is 34.5 Å². The minimum absolute atomic E-state index is 0.0183. The lowest BCUT2D eigenvalue weighted by molar-refractivity contribution is 0.0725. The first-order valence-corrected chi connectivity index (χ1v) is 28.0. The van der Waals surface area contributed by atoms with Crippen LogP contribution in [0.3, 0.4) is 0 Å². The molecule has 0 heterocycles. The van der Waals surface area contributed by atoms with Crippen molar-refractivity contribution in [2.24, 2.45) is 22.7 Å². The highest BCUT2D eigenvalue weighted by Crippen LogP contribution is 2.55. The summed E-state index contributed by atoms with van der Waals surface area (Å²) in [7, 11) is 1.69. The molecule has 2 aliphatic rings. The molecule has 2 aliphatic carbocycles. The molecule has 9 nitrogen and oxygen atoms in total. The van der Waals surface area contributed by atoms with Gasteiger partial charge in [-0.15, -0.1) is 0 Å². The van der Waals surface area contributed by atoms with E-state index < -0.39 is 17.9 Å². The van der Waals surface area contributed by atoms with Gasteiger partial charge in [0, 0.05) is 16.4 Å². The van der Waals surface area contributed by atoms with Gasteiger partial charge < -0.3 is 23.7 Å². The fourth-order valence-electron chi connectivity index (χ4n) is 13.4. The molecule has 10 rings (SSSR count). The molecule has 0 bridgehead atoms. The van der Waals surface area contributed by atoms with Crippen molar-refractivity contribution in [1.29, 1.82) is 0 Å². The van der Waals surface area contributed by atoms with Gasteiger partial charge in [-0.25, -0.2) is 14.4 Å². The Bertz CT molecular complexity index is 3530. The monoisotopic (exact) mass is 1080 g/mol. The maximum absolute atomic E-state index is 13.6. The lowest BCUT2D eigenvalue weighted by Gasteiger charge is -2.48. The van der Waals surface area contributed by atoms with Crippen LogP contribution in [-0.4, -0.2) is 30.8 Å². The molecule has 0 amide bonds. The average Bonchev–Trinajstić information content (AvgIpc) is 3.49. The van der Waals surface area contributed by atoms with Gasteiger partial charge >= 0.3 is 17.9 Å². The summed E-state index contributed by atoms with van der Waals surface area (Å²) in [6.45, 7) is 15.5. The van der Waals surface area contributed by atoms with Crippen molar-refractivity contribution in [3.63, 3.8) is 0 Å². The van der Waals surface area contributed by atoms with Gasteiger partial charge in [-0.3, -0.25) is 4.79 Å². The Kier molecular flexibility index (Phi) is 15.8. The Morgan fingerprint density at radius 3 is 0.914 bits per heavy atom. The van der Waals surface area contributed by atoms with Gasteiger partial charge in [0.25, 0.3) is 0 Å². The number of benzene rings is 8. The SMILES string of the molecule is COc1ccc(C2(c3ccc(OC(=O)c4ccc(-c5ccc(C(=O)Oc6ccc(C7(c8ccc(OC(=O)c9ccc(Oc%10ccc(C(C)=O)cc%10)cc9)cc8)CC(C)CC(C)(C)C7)cc6)cc5)cc4)cc3)CC(C)CC(C)(C)C2)cc1. The minimum Gasteiger partial charge on any atom is -0.497 e. The molecule has 8 aromatic carbocycles. The van der Waals surface area contributed by atoms with E-state index in [0.29, 0.717) is 62.8 Å². The number of ether oxygens (including phenoxy) is 5. The summed E-state index contributed by atoms with van der Waals surface area (Å²) in [5, 5.41) is 0.